The van der Waals surface area contributed by atoms with Gasteiger partial charge in [-0.05, 0) is 144 Å². The molecule has 0 fully saturated rings. The summed E-state index contributed by atoms with van der Waals surface area (Å²) in [7, 11) is 0. The van der Waals surface area contributed by atoms with E-state index < -0.39 is 5.41 Å². The maximum atomic E-state index is 2.65. The molecule has 14 rings (SSSR count). The van der Waals surface area contributed by atoms with Crippen LogP contribution in [0.15, 0.2) is 206 Å². The molecule has 0 atom stereocenters. The lowest BCUT2D eigenvalue weighted by molar-refractivity contribution is 0.588. The van der Waals surface area contributed by atoms with Crippen molar-refractivity contribution in [2.45, 2.75) is 58.3 Å². The van der Waals surface area contributed by atoms with E-state index in [2.05, 4.69) is 269 Å². The van der Waals surface area contributed by atoms with Crippen LogP contribution in [-0.2, 0) is 10.8 Å². The van der Waals surface area contributed by atoms with Gasteiger partial charge in [-0.15, -0.1) is 11.3 Å². The maximum absolute atomic E-state index is 2.65. The van der Waals surface area contributed by atoms with Crippen LogP contribution in [0.1, 0.15) is 78.8 Å². The van der Waals surface area contributed by atoms with Crippen molar-refractivity contribution in [2.75, 3.05) is 9.80 Å². The Kier molecular flexibility index (Phi) is 9.18. The van der Waals surface area contributed by atoms with Crippen LogP contribution >= 0.6 is 11.3 Å². The number of nitrogens with zero attached hydrogens (tertiary/aromatic N) is 2. The Balaban J connectivity index is 1.11. The van der Waals surface area contributed by atoms with Crippen molar-refractivity contribution in [1.82, 2.24) is 0 Å². The largest absolute Gasteiger partial charge is 0.311 e. The predicted octanol–water partition coefficient (Wildman–Crippen LogP) is 16.2. The SMILES string of the molecule is Cc1cc2c3c(c1)N(c1ccccc1)c1c(sc4c1-c1ccc(C(C)(C)C)cc1C41c4ccccc4-c4ccccc41)B3c1ccc(-c3cc(C(C)C)ccc3-c3ccccc3)cc1N2c1ccccc1. The molecular formula is C67H53BN2S. The average molecular weight is 929 g/mol. The minimum absolute atomic E-state index is 0.0213. The monoisotopic (exact) mass is 928 g/mol. The summed E-state index contributed by atoms with van der Waals surface area (Å²) in [6.45, 7) is 13.9. The van der Waals surface area contributed by atoms with Gasteiger partial charge >= 0.3 is 0 Å². The Morgan fingerprint density at radius 2 is 1.08 bits per heavy atom. The lowest BCUT2D eigenvalue weighted by Gasteiger charge is -2.43. The zero-order chi connectivity index (χ0) is 47.9. The third kappa shape index (κ3) is 5.95. The number of fused-ring (bicyclic) bond motifs is 15. The second-order valence-corrected chi connectivity index (χ2v) is 22.5. The first-order valence-electron chi connectivity index (χ1n) is 25.3. The number of aryl methyl sites for hydroxylation is 1. The molecule has 340 valence electrons. The summed E-state index contributed by atoms with van der Waals surface area (Å²) >= 11 is 2.07. The van der Waals surface area contributed by atoms with Gasteiger partial charge in [0.05, 0.1) is 11.1 Å². The molecule has 10 aromatic rings. The van der Waals surface area contributed by atoms with E-state index in [1.807, 2.05) is 0 Å². The van der Waals surface area contributed by atoms with Gasteiger partial charge < -0.3 is 9.80 Å². The lowest BCUT2D eigenvalue weighted by Crippen LogP contribution is -2.60. The number of rotatable bonds is 5. The van der Waals surface area contributed by atoms with Crippen LogP contribution in [0, 0.1) is 6.92 Å². The average Bonchev–Trinajstić information content (AvgIpc) is 4.03. The third-order valence-corrected chi connectivity index (χ3v) is 17.4. The second-order valence-electron chi connectivity index (χ2n) is 21.5. The number of hydrogen-bond donors (Lipinski definition) is 0. The maximum Gasteiger partial charge on any atom is 0.264 e. The fourth-order valence-electron chi connectivity index (χ4n) is 12.8. The van der Waals surface area contributed by atoms with Crippen molar-refractivity contribution in [3.05, 3.63) is 245 Å². The molecule has 0 bridgehead atoms. The Bertz CT molecular complexity index is 3760. The molecule has 71 heavy (non-hydrogen) atoms. The molecule has 0 N–H and O–H groups in total. The van der Waals surface area contributed by atoms with Gasteiger partial charge in [0.1, 0.15) is 0 Å². The first-order valence-corrected chi connectivity index (χ1v) is 26.1. The van der Waals surface area contributed by atoms with Crippen molar-refractivity contribution in [3.63, 3.8) is 0 Å². The highest BCUT2D eigenvalue weighted by Gasteiger charge is 2.57. The number of anilines is 6. The summed E-state index contributed by atoms with van der Waals surface area (Å²) in [5, 5.41) is 0. The first kappa shape index (κ1) is 42.2. The van der Waals surface area contributed by atoms with Crippen molar-refractivity contribution in [2.24, 2.45) is 0 Å². The van der Waals surface area contributed by atoms with Crippen LogP contribution in [-0.4, -0.2) is 6.71 Å². The Hall–Kier alpha value is -7.66. The predicted molar refractivity (Wildman–Crippen MR) is 303 cm³/mol. The summed E-state index contributed by atoms with van der Waals surface area (Å²) in [6, 6.07) is 78.6. The quantitative estimate of drug-likeness (QED) is 0.159. The van der Waals surface area contributed by atoms with Gasteiger partial charge in [-0.2, -0.15) is 0 Å². The minimum Gasteiger partial charge on any atom is -0.311 e. The van der Waals surface area contributed by atoms with Crippen LogP contribution in [0.3, 0.4) is 0 Å². The van der Waals surface area contributed by atoms with E-state index in [1.54, 1.807) is 0 Å². The third-order valence-electron chi connectivity index (χ3n) is 16.0. The van der Waals surface area contributed by atoms with Gasteiger partial charge in [-0.25, -0.2) is 0 Å². The van der Waals surface area contributed by atoms with E-state index in [1.165, 1.54) is 127 Å². The standard InChI is InChI=1S/C67H53BN2S/c1-41(2)44-30-33-49(43-20-10-7-11-21-43)53(38-44)45-31-35-57-58(39-45)69(47-22-12-8-13-23-47)59-36-42(3)37-60-62(59)68(57)65-63(70(60)48-24-14-9-15-25-48)61-52-34-32-46(66(4,5)6)40-56(52)67(64(61)71-65)54-28-18-16-26-50(54)51-27-17-19-29-55(51)67/h7-41H,1-6H3. The molecule has 2 nitrogen and oxygen atoms in total. The highest BCUT2D eigenvalue weighted by molar-refractivity contribution is 7.30. The zero-order valence-corrected chi connectivity index (χ0v) is 41.9. The molecule has 2 aliphatic carbocycles. The minimum atomic E-state index is -0.485. The molecule has 9 aromatic carbocycles. The molecule has 1 spiro atoms. The van der Waals surface area contributed by atoms with Crippen molar-refractivity contribution < 1.29 is 0 Å². The molecule has 0 unspecified atom stereocenters. The van der Waals surface area contributed by atoms with Gasteiger partial charge in [-0.1, -0.05) is 198 Å². The van der Waals surface area contributed by atoms with E-state index in [0.717, 1.165) is 5.69 Å². The lowest BCUT2D eigenvalue weighted by atomic mass is 9.36. The molecule has 1 aromatic heterocycles. The first-order chi connectivity index (χ1) is 34.6. The van der Waals surface area contributed by atoms with Crippen LogP contribution in [0.5, 0.6) is 0 Å². The molecule has 0 amide bonds. The zero-order valence-electron chi connectivity index (χ0n) is 41.1. The van der Waals surface area contributed by atoms with Crippen LogP contribution in [0.4, 0.5) is 34.1 Å². The summed E-state index contributed by atoms with van der Waals surface area (Å²) in [4.78, 5) is 6.64. The van der Waals surface area contributed by atoms with E-state index in [-0.39, 0.29) is 12.1 Å². The van der Waals surface area contributed by atoms with E-state index in [0.29, 0.717) is 5.92 Å². The summed E-state index contributed by atoms with van der Waals surface area (Å²) < 4.78 is 1.40. The van der Waals surface area contributed by atoms with Crippen molar-refractivity contribution in [3.8, 4) is 44.5 Å². The number of para-hydroxylation sites is 2. The van der Waals surface area contributed by atoms with Crippen LogP contribution < -0.4 is 25.5 Å². The summed E-state index contributed by atoms with van der Waals surface area (Å²) in [5.74, 6) is 0.395. The fourth-order valence-corrected chi connectivity index (χ4v) is 14.4. The molecule has 4 aliphatic rings. The highest BCUT2D eigenvalue weighted by Crippen LogP contribution is 2.67. The van der Waals surface area contributed by atoms with Crippen LogP contribution in [0.2, 0.25) is 0 Å². The smallest absolute Gasteiger partial charge is 0.264 e. The van der Waals surface area contributed by atoms with E-state index in [4.69, 9.17) is 0 Å². The van der Waals surface area contributed by atoms with E-state index in [9.17, 15) is 0 Å². The summed E-state index contributed by atoms with van der Waals surface area (Å²) in [5.41, 5.74) is 28.0. The Labute approximate surface area is 422 Å². The molecule has 2 aliphatic heterocycles. The number of benzene rings is 9. The summed E-state index contributed by atoms with van der Waals surface area (Å²) in [6.07, 6.45) is 0. The van der Waals surface area contributed by atoms with E-state index >= 15 is 0 Å². The second kappa shape index (κ2) is 15.4. The Morgan fingerprint density at radius 1 is 0.493 bits per heavy atom. The van der Waals surface area contributed by atoms with Crippen molar-refractivity contribution in [1.29, 1.82) is 0 Å². The molecule has 4 heteroatoms. The molecule has 0 saturated carbocycles. The van der Waals surface area contributed by atoms with Gasteiger partial charge in [0.15, 0.2) is 0 Å². The van der Waals surface area contributed by atoms with Crippen LogP contribution in [0.25, 0.3) is 44.5 Å². The van der Waals surface area contributed by atoms with Gasteiger partial charge in [0.25, 0.3) is 6.71 Å². The Morgan fingerprint density at radius 3 is 1.73 bits per heavy atom. The highest BCUT2D eigenvalue weighted by atomic mass is 32.1. The molecule has 0 radical (unpaired) electrons. The number of thiophene rings is 1. The molecule has 0 saturated heterocycles. The van der Waals surface area contributed by atoms with Gasteiger partial charge in [0, 0.05) is 43.7 Å². The molecular weight excluding hydrogens is 876 g/mol. The fraction of sp³-hybridized carbons (Fsp3) is 0.134. The van der Waals surface area contributed by atoms with Gasteiger partial charge in [-0.3, -0.25) is 0 Å². The normalized spacial score (nSPS) is 14.2. The molecule has 3 heterocycles. The topological polar surface area (TPSA) is 6.48 Å². The van der Waals surface area contributed by atoms with Crippen molar-refractivity contribution >= 4 is 67.9 Å². The van der Waals surface area contributed by atoms with Gasteiger partial charge in [0.2, 0.25) is 0 Å². The number of hydrogen-bond acceptors (Lipinski definition) is 3.